The van der Waals surface area contributed by atoms with Crippen LogP contribution >= 0.6 is 0 Å². The Morgan fingerprint density at radius 3 is 2.06 bits per heavy atom. The average Bonchev–Trinajstić information content (AvgIpc) is 2.77. The molecule has 35 heavy (non-hydrogen) atoms. The Kier molecular flexibility index (Phi) is 9.25. The number of hydrogen-bond donors (Lipinski definition) is 2. The Labute approximate surface area is 205 Å². The number of nitrogens with zero attached hydrogens (tertiary/aromatic N) is 2. The lowest BCUT2D eigenvalue weighted by atomic mass is 9.86. The third kappa shape index (κ3) is 7.99. The fraction of sp³-hybridized carbons (Fsp3) is 0.423. The van der Waals surface area contributed by atoms with Crippen molar-refractivity contribution in [3.05, 3.63) is 65.7 Å². The molecule has 0 saturated carbocycles. The smallest absolute Gasteiger partial charge is 0.508 e. The first-order chi connectivity index (χ1) is 16.4. The number of rotatable bonds is 10. The van der Waals surface area contributed by atoms with Crippen LogP contribution < -0.4 is 0 Å². The lowest BCUT2D eigenvalue weighted by molar-refractivity contribution is -0.198. The van der Waals surface area contributed by atoms with Gasteiger partial charge in [-0.15, -0.1) is 5.06 Å². The summed E-state index contributed by atoms with van der Waals surface area (Å²) < 4.78 is 5.26. The van der Waals surface area contributed by atoms with Gasteiger partial charge < -0.3 is 24.7 Å². The molecule has 0 saturated heterocycles. The van der Waals surface area contributed by atoms with Gasteiger partial charge in [-0.1, -0.05) is 49.4 Å². The molecular weight excluding hydrogens is 452 g/mol. The predicted molar refractivity (Wildman–Crippen MR) is 129 cm³/mol. The number of ether oxygens (including phenoxy) is 1. The molecule has 0 aliphatic heterocycles. The molecule has 1 amide bonds. The molecular formula is C26H34N2O7. The van der Waals surface area contributed by atoms with Gasteiger partial charge in [0.2, 0.25) is 5.91 Å². The van der Waals surface area contributed by atoms with E-state index in [1.54, 1.807) is 64.1 Å². The first-order valence-corrected chi connectivity index (χ1v) is 11.3. The van der Waals surface area contributed by atoms with E-state index in [4.69, 9.17) is 9.57 Å². The van der Waals surface area contributed by atoms with Gasteiger partial charge in [0.1, 0.15) is 23.4 Å². The number of phenolic OH excluding ortho intramolecular Hbond substituents is 1. The topological polar surface area (TPSA) is 117 Å². The second-order valence-electron chi connectivity index (χ2n) is 9.32. The van der Waals surface area contributed by atoms with E-state index in [9.17, 15) is 24.6 Å². The Hall–Kier alpha value is -3.59. The molecule has 0 unspecified atom stereocenters. The summed E-state index contributed by atoms with van der Waals surface area (Å²) in [6, 6.07) is 15.4. The molecule has 2 aromatic rings. The van der Waals surface area contributed by atoms with Crippen molar-refractivity contribution in [2.45, 2.75) is 58.2 Å². The standard InChI is InChI=1S/C26H34N2O7/c1-6-26(16-19-12-14-21(29)15-13-19,27(5)35-24(33)34-25(2,3)4)23(32)28(18-22(30)31)17-20-10-8-7-9-11-20/h7-15,29H,6,16-18H2,1-5H3,(H,30,31)/t26-/m0/s1. The number of carbonyl (C=O) groups is 3. The van der Waals surface area contributed by atoms with E-state index in [-0.39, 0.29) is 25.1 Å². The van der Waals surface area contributed by atoms with E-state index in [2.05, 4.69) is 0 Å². The van der Waals surface area contributed by atoms with Gasteiger partial charge in [-0.2, -0.15) is 0 Å². The van der Waals surface area contributed by atoms with Crippen LogP contribution in [0.25, 0.3) is 0 Å². The minimum atomic E-state index is -1.45. The number of aromatic hydroxyl groups is 1. The summed E-state index contributed by atoms with van der Waals surface area (Å²) >= 11 is 0. The van der Waals surface area contributed by atoms with E-state index in [1.165, 1.54) is 24.1 Å². The van der Waals surface area contributed by atoms with Crippen molar-refractivity contribution in [1.29, 1.82) is 0 Å². The highest BCUT2D eigenvalue weighted by molar-refractivity contribution is 5.89. The van der Waals surface area contributed by atoms with Crippen LogP contribution in [-0.4, -0.2) is 62.9 Å². The van der Waals surface area contributed by atoms with Gasteiger partial charge in [0.15, 0.2) is 0 Å². The van der Waals surface area contributed by atoms with Gasteiger partial charge in [0, 0.05) is 20.0 Å². The van der Waals surface area contributed by atoms with Gasteiger partial charge in [-0.05, 0) is 50.5 Å². The molecule has 9 nitrogen and oxygen atoms in total. The molecule has 2 rings (SSSR count). The second-order valence-corrected chi connectivity index (χ2v) is 9.32. The molecule has 2 aromatic carbocycles. The predicted octanol–water partition coefficient (Wildman–Crippen LogP) is 4.00. The molecule has 0 aliphatic carbocycles. The average molecular weight is 487 g/mol. The highest BCUT2D eigenvalue weighted by Crippen LogP contribution is 2.29. The maximum absolute atomic E-state index is 14.1. The summed E-state index contributed by atoms with van der Waals surface area (Å²) in [7, 11) is 1.45. The van der Waals surface area contributed by atoms with Crippen molar-refractivity contribution in [3.63, 3.8) is 0 Å². The molecule has 0 heterocycles. The number of carbonyl (C=O) groups excluding carboxylic acids is 2. The summed E-state index contributed by atoms with van der Waals surface area (Å²) in [6.45, 7) is 6.36. The lowest BCUT2D eigenvalue weighted by Crippen LogP contribution is -2.60. The van der Waals surface area contributed by atoms with Crippen molar-refractivity contribution in [2.75, 3.05) is 13.6 Å². The van der Waals surface area contributed by atoms with E-state index in [0.29, 0.717) is 5.56 Å². The second kappa shape index (κ2) is 11.7. The number of aliphatic carboxylic acids is 1. The van der Waals surface area contributed by atoms with Crippen LogP contribution in [0.2, 0.25) is 0 Å². The normalized spacial score (nSPS) is 13.1. The van der Waals surface area contributed by atoms with Crippen LogP contribution in [0.1, 0.15) is 45.2 Å². The lowest BCUT2D eigenvalue weighted by Gasteiger charge is -2.41. The fourth-order valence-corrected chi connectivity index (χ4v) is 3.70. The van der Waals surface area contributed by atoms with Gasteiger partial charge in [0.25, 0.3) is 0 Å². The van der Waals surface area contributed by atoms with Crippen molar-refractivity contribution in [1.82, 2.24) is 9.96 Å². The summed E-state index contributed by atoms with van der Waals surface area (Å²) in [5, 5.41) is 20.4. The third-order valence-electron chi connectivity index (χ3n) is 5.45. The Balaban J connectivity index is 2.48. The van der Waals surface area contributed by atoms with Gasteiger partial charge in [-0.25, -0.2) is 4.79 Å². The number of amides is 1. The summed E-state index contributed by atoms with van der Waals surface area (Å²) in [5.74, 6) is -1.62. The molecule has 0 aliphatic rings. The zero-order valence-corrected chi connectivity index (χ0v) is 20.9. The first-order valence-electron chi connectivity index (χ1n) is 11.3. The summed E-state index contributed by atoms with van der Waals surface area (Å²) in [5.41, 5.74) is -0.811. The molecule has 190 valence electrons. The Bertz CT molecular complexity index is 1000. The molecule has 1 atom stereocenters. The summed E-state index contributed by atoms with van der Waals surface area (Å²) in [6.07, 6.45) is -0.701. The Morgan fingerprint density at radius 2 is 1.54 bits per heavy atom. The number of hydrogen-bond acceptors (Lipinski definition) is 7. The highest BCUT2D eigenvalue weighted by atomic mass is 16.8. The van der Waals surface area contributed by atoms with Crippen molar-refractivity contribution in [2.24, 2.45) is 0 Å². The van der Waals surface area contributed by atoms with E-state index >= 15 is 0 Å². The van der Waals surface area contributed by atoms with Crippen LogP contribution in [-0.2, 0) is 32.1 Å². The van der Waals surface area contributed by atoms with E-state index < -0.39 is 35.7 Å². The zero-order valence-electron chi connectivity index (χ0n) is 20.9. The maximum Gasteiger partial charge on any atom is 0.528 e. The molecule has 0 bridgehead atoms. The van der Waals surface area contributed by atoms with Crippen molar-refractivity contribution >= 4 is 18.0 Å². The van der Waals surface area contributed by atoms with Crippen LogP contribution in [0, 0.1) is 0 Å². The number of benzene rings is 2. The zero-order chi connectivity index (χ0) is 26.2. The van der Waals surface area contributed by atoms with Gasteiger partial charge >= 0.3 is 12.1 Å². The monoisotopic (exact) mass is 486 g/mol. The van der Waals surface area contributed by atoms with E-state index in [1.807, 2.05) is 6.07 Å². The third-order valence-corrected chi connectivity index (χ3v) is 5.45. The molecule has 0 aromatic heterocycles. The van der Waals surface area contributed by atoms with Gasteiger partial charge in [0.05, 0.1) is 0 Å². The fourth-order valence-electron chi connectivity index (χ4n) is 3.70. The minimum absolute atomic E-state index is 0.0591. The number of carboxylic acids is 1. The maximum atomic E-state index is 14.1. The Morgan fingerprint density at radius 1 is 0.943 bits per heavy atom. The van der Waals surface area contributed by atoms with Crippen molar-refractivity contribution in [3.8, 4) is 5.75 Å². The number of likely N-dealkylation sites (N-methyl/N-ethyl adjacent to an activating group) is 1. The number of hydroxylamine groups is 2. The number of phenols is 1. The van der Waals surface area contributed by atoms with Gasteiger partial charge in [-0.3, -0.25) is 9.59 Å². The molecule has 0 fully saturated rings. The van der Waals surface area contributed by atoms with Crippen LogP contribution in [0.5, 0.6) is 5.75 Å². The largest absolute Gasteiger partial charge is 0.528 e. The molecule has 0 radical (unpaired) electrons. The number of carboxylic acid groups (broad SMARTS) is 1. The first kappa shape index (κ1) is 27.7. The van der Waals surface area contributed by atoms with Crippen LogP contribution in [0.3, 0.4) is 0 Å². The summed E-state index contributed by atoms with van der Waals surface area (Å²) in [4.78, 5) is 44.9. The van der Waals surface area contributed by atoms with E-state index in [0.717, 1.165) is 10.6 Å². The van der Waals surface area contributed by atoms with Crippen molar-refractivity contribution < 1.29 is 34.2 Å². The molecule has 2 N–H and O–H groups in total. The molecule has 0 spiro atoms. The van der Waals surface area contributed by atoms with Crippen LogP contribution in [0.15, 0.2) is 54.6 Å². The SMILES string of the molecule is CC[C@](Cc1ccc(O)cc1)(C(=O)N(CC(=O)O)Cc1ccccc1)N(C)OC(=O)OC(C)(C)C. The quantitative estimate of drug-likeness (QED) is 0.382. The molecule has 9 heteroatoms. The van der Waals surface area contributed by atoms with Crippen LogP contribution in [0.4, 0.5) is 4.79 Å². The highest BCUT2D eigenvalue weighted by Gasteiger charge is 2.46. The minimum Gasteiger partial charge on any atom is -0.508 e.